The highest BCUT2D eigenvalue weighted by atomic mass is 16.6. The van der Waals surface area contributed by atoms with E-state index in [0.717, 1.165) is 31.6 Å². The normalized spacial score (nSPS) is 17.2. The number of amides is 1. The van der Waals surface area contributed by atoms with Gasteiger partial charge in [0.15, 0.2) is 11.5 Å². The monoisotopic (exact) mass is 367 g/mol. The minimum atomic E-state index is -0.525. The number of fused-ring (bicyclic) bond motifs is 1. The van der Waals surface area contributed by atoms with Crippen molar-refractivity contribution in [3.8, 4) is 11.5 Å². The van der Waals surface area contributed by atoms with Gasteiger partial charge in [0.1, 0.15) is 18.8 Å². The Kier molecular flexibility index (Phi) is 6.66. The molecule has 0 aliphatic carbocycles. The summed E-state index contributed by atoms with van der Waals surface area (Å²) in [5.41, 5.74) is 0.247. The van der Waals surface area contributed by atoms with E-state index in [2.05, 4.69) is 10.3 Å². The Balaban J connectivity index is 0.00000243. The van der Waals surface area contributed by atoms with Crippen LogP contribution in [0.3, 0.4) is 0 Å². The van der Waals surface area contributed by atoms with Crippen molar-refractivity contribution in [3.05, 3.63) is 18.0 Å². The predicted octanol–water partition coefficient (Wildman–Crippen LogP) is 1.52. The van der Waals surface area contributed by atoms with Crippen molar-refractivity contribution in [2.45, 2.75) is 51.8 Å². The maximum atomic E-state index is 12.8. The molecule has 26 heavy (non-hydrogen) atoms. The smallest absolute Gasteiger partial charge is 0.410 e. The van der Waals surface area contributed by atoms with Crippen LogP contribution >= 0.6 is 0 Å². The van der Waals surface area contributed by atoms with E-state index >= 15 is 0 Å². The molecule has 0 aromatic carbocycles. The number of carbonyl (C=O) groups excluding carboxylic acids is 1. The van der Waals surface area contributed by atoms with Crippen molar-refractivity contribution in [1.82, 2.24) is 15.2 Å². The fourth-order valence-corrected chi connectivity index (χ4v) is 3.03. The molecule has 8 nitrogen and oxygen atoms in total. The fourth-order valence-electron chi connectivity index (χ4n) is 3.03. The Morgan fingerprint density at radius 3 is 2.58 bits per heavy atom. The molecule has 1 aromatic heterocycles. The third-order valence-electron chi connectivity index (χ3n) is 4.20. The molecule has 1 fully saturated rings. The number of pyridine rings is 1. The summed E-state index contributed by atoms with van der Waals surface area (Å²) in [4.78, 5) is 19.0. The molecule has 3 heterocycles. The number of aromatic nitrogens is 1. The summed E-state index contributed by atoms with van der Waals surface area (Å²) in [6.45, 7) is 8.91. The van der Waals surface area contributed by atoms with E-state index in [1.165, 1.54) is 0 Å². The van der Waals surface area contributed by atoms with Crippen LogP contribution in [0.5, 0.6) is 11.5 Å². The average Bonchev–Trinajstić information content (AvgIpc) is 2.58. The second-order valence-corrected chi connectivity index (χ2v) is 7.41. The number of piperidine rings is 1. The minimum Gasteiger partial charge on any atom is -0.486 e. The molecule has 3 N–H and O–H groups in total. The maximum absolute atomic E-state index is 12.8. The van der Waals surface area contributed by atoms with Crippen molar-refractivity contribution in [3.63, 3.8) is 0 Å². The van der Waals surface area contributed by atoms with Gasteiger partial charge in [-0.05, 0) is 46.7 Å². The van der Waals surface area contributed by atoms with Crippen molar-refractivity contribution in [1.29, 1.82) is 0 Å². The highest BCUT2D eigenvalue weighted by molar-refractivity contribution is 5.68. The first-order chi connectivity index (χ1) is 11.9. The standard InChI is InChI=1S/C18H27N3O4.H2O/c1-18(2,3)25-17(22)21(14-4-6-19-7-5-14)12-13-10-15-16(11-20-13)24-9-8-23-15;/h10-11,14,19H,4-9,12H2,1-3H3;1H2. The zero-order valence-corrected chi connectivity index (χ0v) is 15.7. The van der Waals surface area contributed by atoms with Crippen molar-refractivity contribution in [2.24, 2.45) is 0 Å². The largest absolute Gasteiger partial charge is 0.486 e. The zero-order chi connectivity index (χ0) is 17.9. The molecule has 2 aliphatic rings. The summed E-state index contributed by atoms with van der Waals surface area (Å²) in [7, 11) is 0. The minimum absolute atomic E-state index is 0. The Labute approximate surface area is 154 Å². The molecule has 1 aromatic rings. The predicted molar refractivity (Wildman–Crippen MR) is 96.5 cm³/mol. The van der Waals surface area contributed by atoms with Crippen molar-refractivity contribution < 1.29 is 24.5 Å². The van der Waals surface area contributed by atoms with Crippen LogP contribution in [0, 0.1) is 0 Å². The van der Waals surface area contributed by atoms with Crippen molar-refractivity contribution >= 4 is 6.09 Å². The van der Waals surface area contributed by atoms with Crippen LogP contribution in [0.15, 0.2) is 12.3 Å². The fraction of sp³-hybridized carbons (Fsp3) is 0.667. The van der Waals surface area contributed by atoms with Crippen LogP contribution in [0.2, 0.25) is 0 Å². The molecule has 2 aliphatic heterocycles. The number of nitrogens with one attached hydrogen (secondary N) is 1. The third kappa shape index (κ3) is 5.22. The molecule has 0 unspecified atom stereocenters. The number of hydrogen-bond donors (Lipinski definition) is 1. The second kappa shape index (κ2) is 8.55. The summed E-state index contributed by atoms with van der Waals surface area (Å²) in [6, 6.07) is 2.00. The van der Waals surface area contributed by atoms with Crippen LogP contribution in [-0.2, 0) is 11.3 Å². The number of nitrogens with zero attached hydrogens (tertiary/aromatic N) is 2. The molecule has 8 heteroatoms. The van der Waals surface area contributed by atoms with Crippen LogP contribution in [0.25, 0.3) is 0 Å². The summed E-state index contributed by atoms with van der Waals surface area (Å²) in [5.74, 6) is 1.34. The molecule has 0 spiro atoms. The first-order valence-corrected chi connectivity index (χ1v) is 8.87. The van der Waals surface area contributed by atoms with Crippen LogP contribution in [0.4, 0.5) is 4.79 Å². The Hall–Kier alpha value is -2.06. The van der Waals surface area contributed by atoms with Gasteiger partial charge in [-0.2, -0.15) is 0 Å². The van der Waals surface area contributed by atoms with Gasteiger partial charge in [-0.1, -0.05) is 0 Å². The number of carbonyl (C=O) groups is 1. The highest BCUT2D eigenvalue weighted by Gasteiger charge is 2.30. The molecular weight excluding hydrogens is 338 g/mol. The number of hydrogen-bond acceptors (Lipinski definition) is 6. The highest BCUT2D eigenvalue weighted by Crippen LogP contribution is 2.30. The first kappa shape index (κ1) is 20.3. The molecule has 0 atom stereocenters. The lowest BCUT2D eigenvalue weighted by molar-refractivity contribution is 0.0103. The summed E-state index contributed by atoms with van der Waals surface area (Å²) < 4.78 is 16.8. The SMILES string of the molecule is CC(C)(C)OC(=O)N(Cc1cc2c(cn1)OCCO2)C1CCNCC1.O. The Morgan fingerprint density at radius 1 is 1.27 bits per heavy atom. The first-order valence-electron chi connectivity index (χ1n) is 8.87. The molecule has 0 bridgehead atoms. The Bertz CT molecular complexity index is 611. The quantitative estimate of drug-likeness (QED) is 0.868. The van der Waals surface area contributed by atoms with Gasteiger partial charge in [0.2, 0.25) is 0 Å². The second-order valence-electron chi connectivity index (χ2n) is 7.41. The number of ether oxygens (including phenoxy) is 3. The number of rotatable bonds is 3. The van der Waals surface area contributed by atoms with Gasteiger partial charge in [0.05, 0.1) is 18.4 Å². The van der Waals surface area contributed by atoms with E-state index in [1.54, 1.807) is 11.1 Å². The zero-order valence-electron chi connectivity index (χ0n) is 15.7. The molecular formula is C18H29N3O5. The third-order valence-corrected chi connectivity index (χ3v) is 4.20. The Morgan fingerprint density at radius 2 is 1.92 bits per heavy atom. The molecule has 0 saturated carbocycles. The van der Waals surface area contributed by atoms with E-state index in [9.17, 15) is 4.79 Å². The van der Waals surface area contributed by atoms with Gasteiger partial charge in [0, 0.05) is 12.1 Å². The summed E-state index contributed by atoms with van der Waals surface area (Å²) in [5, 5.41) is 3.33. The van der Waals surface area contributed by atoms with E-state index in [1.807, 2.05) is 26.8 Å². The van der Waals surface area contributed by atoms with E-state index in [0.29, 0.717) is 31.3 Å². The molecule has 1 saturated heterocycles. The van der Waals surface area contributed by atoms with Gasteiger partial charge < -0.3 is 25.0 Å². The maximum Gasteiger partial charge on any atom is 0.410 e. The lowest BCUT2D eigenvalue weighted by Gasteiger charge is -2.35. The van der Waals surface area contributed by atoms with Crippen LogP contribution in [0.1, 0.15) is 39.3 Å². The summed E-state index contributed by atoms with van der Waals surface area (Å²) in [6.07, 6.45) is 3.18. The van der Waals surface area contributed by atoms with Crippen LogP contribution < -0.4 is 14.8 Å². The van der Waals surface area contributed by atoms with Gasteiger partial charge in [-0.3, -0.25) is 9.88 Å². The van der Waals surface area contributed by atoms with E-state index in [-0.39, 0.29) is 17.6 Å². The molecule has 1 amide bonds. The lowest BCUT2D eigenvalue weighted by atomic mass is 10.0. The van der Waals surface area contributed by atoms with Gasteiger partial charge >= 0.3 is 6.09 Å². The van der Waals surface area contributed by atoms with Crippen molar-refractivity contribution in [2.75, 3.05) is 26.3 Å². The molecule has 146 valence electrons. The van der Waals surface area contributed by atoms with Gasteiger partial charge in [-0.15, -0.1) is 0 Å². The van der Waals surface area contributed by atoms with E-state index in [4.69, 9.17) is 14.2 Å². The van der Waals surface area contributed by atoms with Gasteiger partial charge in [-0.25, -0.2) is 4.79 Å². The van der Waals surface area contributed by atoms with Crippen LogP contribution in [-0.4, -0.2) is 59.4 Å². The lowest BCUT2D eigenvalue weighted by Crippen LogP contribution is -2.47. The van der Waals surface area contributed by atoms with Gasteiger partial charge in [0.25, 0.3) is 0 Å². The molecule has 3 rings (SSSR count). The van der Waals surface area contributed by atoms with E-state index < -0.39 is 5.60 Å². The summed E-state index contributed by atoms with van der Waals surface area (Å²) >= 11 is 0. The average molecular weight is 367 g/mol. The topological polar surface area (TPSA) is 104 Å². The molecule has 0 radical (unpaired) electrons.